The van der Waals surface area contributed by atoms with Crippen molar-refractivity contribution in [3.8, 4) is 5.75 Å². The Hall–Kier alpha value is -1.28. The zero-order chi connectivity index (χ0) is 15.4. The molecule has 0 spiro atoms. The molecule has 0 aliphatic carbocycles. The van der Waals surface area contributed by atoms with Crippen LogP contribution in [0.5, 0.6) is 5.75 Å². The third-order valence-corrected chi connectivity index (χ3v) is 4.92. The molecular formula is C19H23BrO. The standard InChI is InChI=1S/C19H23BrO/c1-5-14-8-9-15(6-2)16(12-14)19(20)17-11-13(3)7-10-18(17)21-4/h7-12,19H,5-6H2,1-4H3. The van der Waals surface area contributed by atoms with Crippen LogP contribution in [0.15, 0.2) is 36.4 Å². The average molecular weight is 347 g/mol. The van der Waals surface area contributed by atoms with E-state index in [2.05, 4.69) is 67.0 Å². The van der Waals surface area contributed by atoms with Crippen LogP contribution in [-0.4, -0.2) is 7.11 Å². The Kier molecular flexibility index (Phi) is 5.46. The first kappa shape index (κ1) is 16.1. The zero-order valence-corrected chi connectivity index (χ0v) is 14.8. The van der Waals surface area contributed by atoms with Crippen molar-refractivity contribution in [2.24, 2.45) is 0 Å². The number of aryl methyl sites for hydroxylation is 3. The molecule has 0 aliphatic rings. The summed E-state index contributed by atoms with van der Waals surface area (Å²) in [5.41, 5.74) is 6.55. The summed E-state index contributed by atoms with van der Waals surface area (Å²) < 4.78 is 5.54. The minimum absolute atomic E-state index is 0.161. The smallest absolute Gasteiger partial charge is 0.123 e. The normalized spacial score (nSPS) is 12.2. The van der Waals surface area contributed by atoms with Crippen molar-refractivity contribution in [1.29, 1.82) is 0 Å². The number of halogens is 1. The summed E-state index contributed by atoms with van der Waals surface area (Å²) in [6.45, 7) is 6.52. The maximum Gasteiger partial charge on any atom is 0.123 e. The van der Waals surface area contributed by atoms with Crippen molar-refractivity contribution in [2.75, 3.05) is 7.11 Å². The summed E-state index contributed by atoms with van der Waals surface area (Å²) >= 11 is 3.89. The third kappa shape index (κ3) is 3.49. The quantitative estimate of drug-likeness (QED) is 0.639. The van der Waals surface area contributed by atoms with Gasteiger partial charge in [-0.1, -0.05) is 65.7 Å². The Labute approximate surface area is 136 Å². The SMILES string of the molecule is CCc1ccc(CC)c(C(Br)c2cc(C)ccc2OC)c1. The van der Waals surface area contributed by atoms with Gasteiger partial charge in [0.05, 0.1) is 11.9 Å². The Morgan fingerprint density at radius 2 is 1.76 bits per heavy atom. The number of methoxy groups -OCH3 is 1. The van der Waals surface area contributed by atoms with E-state index < -0.39 is 0 Å². The highest BCUT2D eigenvalue weighted by Crippen LogP contribution is 2.39. The molecule has 2 heteroatoms. The highest BCUT2D eigenvalue weighted by molar-refractivity contribution is 9.09. The molecule has 1 atom stereocenters. The van der Waals surface area contributed by atoms with Crippen molar-refractivity contribution in [3.05, 3.63) is 64.2 Å². The van der Waals surface area contributed by atoms with Gasteiger partial charge in [-0.05, 0) is 42.5 Å². The maximum absolute atomic E-state index is 5.54. The third-order valence-electron chi connectivity index (χ3n) is 3.93. The lowest BCUT2D eigenvalue weighted by Gasteiger charge is -2.19. The zero-order valence-electron chi connectivity index (χ0n) is 13.2. The van der Waals surface area contributed by atoms with E-state index in [1.807, 2.05) is 6.07 Å². The van der Waals surface area contributed by atoms with Crippen LogP contribution < -0.4 is 4.74 Å². The summed E-state index contributed by atoms with van der Waals surface area (Å²) in [4.78, 5) is 0.161. The second-order valence-corrected chi connectivity index (χ2v) is 6.26. The minimum Gasteiger partial charge on any atom is -0.496 e. The largest absolute Gasteiger partial charge is 0.496 e. The van der Waals surface area contributed by atoms with Crippen molar-refractivity contribution in [2.45, 2.75) is 38.4 Å². The fourth-order valence-electron chi connectivity index (χ4n) is 2.64. The number of benzene rings is 2. The predicted octanol–water partition coefficient (Wildman–Crippen LogP) is 5.61. The number of hydrogen-bond acceptors (Lipinski definition) is 1. The summed E-state index contributed by atoms with van der Waals surface area (Å²) in [6.07, 6.45) is 2.09. The topological polar surface area (TPSA) is 9.23 Å². The molecule has 0 aromatic heterocycles. The van der Waals surface area contributed by atoms with Crippen LogP contribution in [0.4, 0.5) is 0 Å². The number of rotatable bonds is 5. The van der Waals surface area contributed by atoms with Crippen LogP contribution in [-0.2, 0) is 12.8 Å². The molecule has 0 saturated heterocycles. The Morgan fingerprint density at radius 1 is 1.00 bits per heavy atom. The molecule has 2 aromatic rings. The van der Waals surface area contributed by atoms with Gasteiger partial charge >= 0.3 is 0 Å². The Morgan fingerprint density at radius 3 is 2.38 bits per heavy atom. The van der Waals surface area contributed by atoms with Gasteiger partial charge in [0, 0.05) is 5.56 Å². The van der Waals surface area contributed by atoms with Crippen LogP contribution in [0.25, 0.3) is 0 Å². The summed E-state index contributed by atoms with van der Waals surface area (Å²) in [7, 11) is 1.73. The van der Waals surface area contributed by atoms with Crippen molar-refractivity contribution < 1.29 is 4.74 Å². The van der Waals surface area contributed by atoms with Gasteiger partial charge in [-0.2, -0.15) is 0 Å². The predicted molar refractivity (Wildman–Crippen MR) is 93.7 cm³/mol. The molecule has 0 amide bonds. The average Bonchev–Trinajstić information content (AvgIpc) is 2.53. The first-order chi connectivity index (χ1) is 10.1. The molecule has 21 heavy (non-hydrogen) atoms. The molecule has 1 nitrogen and oxygen atoms in total. The molecule has 0 fully saturated rings. The molecule has 2 aromatic carbocycles. The van der Waals surface area contributed by atoms with Crippen LogP contribution in [0.2, 0.25) is 0 Å². The molecule has 0 saturated carbocycles. The van der Waals surface area contributed by atoms with Crippen LogP contribution >= 0.6 is 15.9 Å². The number of alkyl halides is 1. The lowest BCUT2D eigenvalue weighted by molar-refractivity contribution is 0.410. The molecule has 0 bridgehead atoms. The van der Waals surface area contributed by atoms with Gasteiger partial charge in [0.2, 0.25) is 0 Å². The van der Waals surface area contributed by atoms with E-state index in [1.165, 1.54) is 27.8 Å². The van der Waals surface area contributed by atoms with E-state index in [-0.39, 0.29) is 4.83 Å². The van der Waals surface area contributed by atoms with Gasteiger partial charge in [0.25, 0.3) is 0 Å². The molecule has 0 radical (unpaired) electrons. The molecule has 112 valence electrons. The minimum atomic E-state index is 0.161. The fourth-order valence-corrected chi connectivity index (χ4v) is 3.43. The van der Waals surface area contributed by atoms with Crippen molar-refractivity contribution >= 4 is 15.9 Å². The number of ether oxygens (including phenoxy) is 1. The molecule has 1 unspecified atom stereocenters. The van der Waals surface area contributed by atoms with E-state index in [4.69, 9.17) is 4.74 Å². The summed E-state index contributed by atoms with van der Waals surface area (Å²) in [5, 5.41) is 0. The maximum atomic E-state index is 5.54. The van der Waals surface area contributed by atoms with E-state index in [1.54, 1.807) is 7.11 Å². The summed E-state index contributed by atoms with van der Waals surface area (Å²) in [5.74, 6) is 0.937. The Balaban J connectivity index is 2.53. The van der Waals surface area contributed by atoms with Crippen molar-refractivity contribution in [3.63, 3.8) is 0 Å². The van der Waals surface area contributed by atoms with Gasteiger partial charge < -0.3 is 4.74 Å². The first-order valence-corrected chi connectivity index (χ1v) is 8.42. The highest BCUT2D eigenvalue weighted by atomic mass is 79.9. The molecule has 0 aliphatic heterocycles. The molecule has 0 N–H and O–H groups in total. The monoisotopic (exact) mass is 346 g/mol. The van der Waals surface area contributed by atoms with E-state index in [9.17, 15) is 0 Å². The van der Waals surface area contributed by atoms with Crippen molar-refractivity contribution in [1.82, 2.24) is 0 Å². The van der Waals surface area contributed by atoms with Crippen LogP contribution in [0.3, 0.4) is 0 Å². The molecular weight excluding hydrogens is 324 g/mol. The highest BCUT2D eigenvalue weighted by Gasteiger charge is 2.18. The second-order valence-electron chi connectivity index (χ2n) is 5.35. The Bertz CT molecular complexity index is 619. The van der Waals surface area contributed by atoms with Gasteiger partial charge in [-0.15, -0.1) is 0 Å². The fraction of sp³-hybridized carbons (Fsp3) is 0.368. The first-order valence-electron chi connectivity index (χ1n) is 7.51. The molecule has 0 heterocycles. The van der Waals surface area contributed by atoms with Gasteiger partial charge in [-0.25, -0.2) is 0 Å². The van der Waals surface area contributed by atoms with E-state index in [0.29, 0.717) is 0 Å². The van der Waals surface area contributed by atoms with E-state index in [0.717, 1.165) is 18.6 Å². The second kappa shape index (κ2) is 7.13. The van der Waals surface area contributed by atoms with E-state index >= 15 is 0 Å². The van der Waals surface area contributed by atoms with Gasteiger partial charge in [0.15, 0.2) is 0 Å². The van der Waals surface area contributed by atoms with Crippen LogP contribution in [0.1, 0.15) is 46.5 Å². The molecule has 2 rings (SSSR count). The van der Waals surface area contributed by atoms with Gasteiger partial charge in [0.1, 0.15) is 5.75 Å². The lowest BCUT2D eigenvalue weighted by Crippen LogP contribution is -2.02. The van der Waals surface area contributed by atoms with Crippen LogP contribution in [0, 0.1) is 6.92 Å². The van der Waals surface area contributed by atoms with Gasteiger partial charge in [-0.3, -0.25) is 0 Å². The number of hydrogen-bond donors (Lipinski definition) is 0. The summed E-state index contributed by atoms with van der Waals surface area (Å²) in [6, 6.07) is 13.1. The lowest BCUT2D eigenvalue weighted by atomic mass is 9.94.